The topological polar surface area (TPSA) is 42.1 Å². The lowest BCUT2D eigenvalue weighted by atomic mass is 10.2. The molecule has 0 saturated carbocycles. The highest BCUT2D eigenvalue weighted by atomic mass is 15.1. The van der Waals surface area contributed by atoms with Crippen LogP contribution in [0.25, 0.3) is 0 Å². The Balaban J connectivity index is 2.13. The van der Waals surface area contributed by atoms with Gasteiger partial charge < -0.3 is 10.6 Å². The van der Waals surface area contributed by atoms with Crippen LogP contribution in [0.15, 0.2) is 30.5 Å². The maximum Gasteiger partial charge on any atom is 0.0569 e. The highest BCUT2D eigenvalue weighted by Gasteiger charge is 2.08. The van der Waals surface area contributed by atoms with E-state index in [4.69, 9.17) is 5.73 Å². The van der Waals surface area contributed by atoms with Crippen molar-refractivity contribution in [2.24, 2.45) is 5.73 Å². The van der Waals surface area contributed by atoms with Crippen molar-refractivity contribution in [1.82, 2.24) is 4.98 Å². The summed E-state index contributed by atoms with van der Waals surface area (Å²) in [4.78, 5) is 6.59. The fourth-order valence-electron chi connectivity index (χ4n) is 1.54. The van der Waals surface area contributed by atoms with E-state index in [-0.39, 0.29) is 6.04 Å². The summed E-state index contributed by atoms with van der Waals surface area (Å²) in [5, 5.41) is 0. The molecule has 0 aliphatic carbocycles. The summed E-state index contributed by atoms with van der Waals surface area (Å²) in [6.07, 6.45) is 6.23. The summed E-state index contributed by atoms with van der Waals surface area (Å²) < 4.78 is 0. The van der Waals surface area contributed by atoms with Crippen molar-refractivity contribution in [3.05, 3.63) is 36.2 Å². The van der Waals surface area contributed by atoms with Crippen LogP contribution in [0.3, 0.4) is 0 Å². The number of hydrogen-bond acceptors (Lipinski definition) is 3. The molecule has 1 aromatic rings. The smallest absolute Gasteiger partial charge is 0.0569 e. The Hall–Kier alpha value is -1.35. The fourth-order valence-corrected chi connectivity index (χ4v) is 1.54. The van der Waals surface area contributed by atoms with Gasteiger partial charge in [-0.2, -0.15) is 0 Å². The molecule has 2 heterocycles. The zero-order chi connectivity index (χ0) is 9.97. The van der Waals surface area contributed by atoms with Gasteiger partial charge in [0, 0.05) is 19.1 Å². The van der Waals surface area contributed by atoms with Crippen LogP contribution < -0.4 is 10.6 Å². The molecule has 14 heavy (non-hydrogen) atoms. The number of pyridine rings is 1. The Bertz CT molecular complexity index is 319. The zero-order valence-electron chi connectivity index (χ0n) is 8.35. The molecule has 2 rings (SSSR count). The summed E-state index contributed by atoms with van der Waals surface area (Å²) in [6, 6.07) is 4.09. The van der Waals surface area contributed by atoms with Gasteiger partial charge in [0.05, 0.1) is 17.6 Å². The SMILES string of the molecule is C[C@@H](N)c1ccc(N2CC=CC2)cn1. The first-order chi connectivity index (χ1) is 6.77. The van der Waals surface area contributed by atoms with Crippen LogP contribution in [0.4, 0.5) is 5.69 Å². The molecule has 2 N–H and O–H groups in total. The minimum absolute atomic E-state index is 0.0146. The number of rotatable bonds is 2. The molecule has 1 aromatic heterocycles. The maximum absolute atomic E-state index is 5.73. The first kappa shape index (κ1) is 9.21. The maximum atomic E-state index is 5.73. The molecular formula is C11H15N3. The lowest BCUT2D eigenvalue weighted by molar-refractivity contribution is 0.780. The standard InChI is InChI=1S/C11H15N3/c1-9(12)11-5-4-10(8-13-11)14-6-2-3-7-14/h2-5,8-9H,6-7,12H2,1H3/t9-/m1/s1. The Morgan fingerprint density at radius 1 is 1.36 bits per heavy atom. The largest absolute Gasteiger partial charge is 0.363 e. The van der Waals surface area contributed by atoms with E-state index in [9.17, 15) is 0 Å². The molecule has 3 heteroatoms. The van der Waals surface area contributed by atoms with Gasteiger partial charge in [0.2, 0.25) is 0 Å². The molecule has 1 aliphatic heterocycles. The van der Waals surface area contributed by atoms with Gasteiger partial charge in [0.15, 0.2) is 0 Å². The summed E-state index contributed by atoms with van der Waals surface area (Å²) in [6.45, 7) is 3.91. The number of nitrogens with zero attached hydrogens (tertiary/aromatic N) is 2. The Kier molecular flexibility index (Phi) is 2.50. The first-order valence-corrected chi connectivity index (χ1v) is 4.89. The average Bonchev–Trinajstić information content (AvgIpc) is 2.71. The molecule has 3 nitrogen and oxygen atoms in total. The number of anilines is 1. The molecule has 0 spiro atoms. The van der Waals surface area contributed by atoms with Crippen LogP contribution in [0.2, 0.25) is 0 Å². The molecular weight excluding hydrogens is 174 g/mol. The van der Waals surface area contributed by atoms with E-state index in [0.717, 1.165) is 18.8 Å². The fraction of sp³-hybridized carbons (Fsp3) is 0.364. The Morgan fingerprint density at radius 2 is 2.07 bits per heavy atom. The predicted octanol–water partition coefficient (Wildman–Crippen LogP) is 1.48. The third-order valence-electron chi connectivity index (χ3n) is 2.42. The second kappa shape index (κ2) is 3.80. The van der Waals surface area contributed by atoms with Gasteiger partial charge in [-0.15, -0.1) is 0 Å². The minimum atomic E-state index is 0.0146. The molecule has 1 aliphatic rings. The average molecular weight is 189 g/mol. The summed E-state index contributed by atoms with van der Waals surface area (Å²) in [5.41, 5.74) is 7.84. The first-order valence-electron chi connectivity index (χ1n) is 4.89. The van der Waals surface area contributed by atoms with E-state index in [0.29, 0.717) is 0 Å². The van der Waals surface area contributed by atoms with Gasteiger partial charge >= 0.3 is 0 Å². The Morgan fingerprint density at radius 3 is 2.57 bits per heavy atom. The van der Waals surface area contributed by atoms with E-state index in [1.54, 1.807) is 0 Å². The molecule has 0 fully saturated rings. The highest BCUT2D eigenvalue weighted by Crippen LogP contribution is 2.17. The zero-order valence-corrected chi connectivity index (χ0v) is 8.35. The normalized spacial score (nSPS) is 17.4. The van der Waals surface area contributed by atoms with Gasteiger partial charge in [0.1, 0.15) is 0 Å². The molecule has 0 aromatic carbocycles. The van der Waals surface area contributed by atoms with Crippen molar-refractivity contribution >= 4 is 5.69 Å². The quantitative estimate of drug-likeness (QED) is 0.716. The predicted molar refractivity (Wildman–Crippen MR) is 58.2 cm³/mol. The van der Waals surface area contributed by atoms with Crippen LogP contribution in [-0.4, -0.2) is 18.1 Å². The third kappa shape index (κ3) is 1.77. The van der Waals surface area contributed by atoms with Gasteiger partial charge in [-0.1, -0.05) is 12.2 Å². The summed E-state index contributed by atoms with van der Waals surface area (Å²) in [7, 11) is 0. The van der Waals surface area contributed by atoms with Crippen molar-refractivity contribution in [1.29, 1.82) is 0 Å². The summed E-state index contributed by atoms with van der Waals surface area (Å²) >= 11 is 0. The molecule has 0 radical (unpaired) electrons. The molecule has 0 unspecified atom stereocenters. The molecule has 0 saturated heterocycles. The number of hydrogen-bond donors (Lipinski definition) is 1. The van der Waals surface area contributed by atoms with Gasteiger partial charge in [-0.05, 0) is 19.1 Å². The highest BCUT2D eigenvalue weighted by molar-refractivity contribution is 5.47. The lowest BCUT2D eigenvalue weighted by Gasteiger charge is -2.17. The van der Waals surface area contributed by atoms with Crippen LogP contribution in [0.1, 0.15) is 18.7 Å². The number of nitrogens with two attached hydrogens (primary N) is 1. The molecule has 0 bridgehead atoms. The van der Waals surface area contributed by atoms with Gasteiger partial charge in [0.25, 0.3) is 0 Å². The second-order valence-electron chi connectivity index (χ2n) is 3.61. The van der Waals surface area contributed by atoms with Crippen molar-refractivity contribution in [3.8, 4) is 0 Å². The van der Waals surface area contributed by atoms with Crippen LogP contribution in [0.5, 0.6) is 0 Å². The van der Waals surface area contributed by atoms with Crippen LogP contribution in [0, 0.1) is 0 Å². The lowest BCUT2D eigenvalue weighted by Crippen LogP contribution is -2.19. The monoisotopic (exact) mass is 189 g/mol. The van der Waals surface area contributed by atoms with Crippen molar-refractivity contribution in [2.45, 2.75) is 13.0 Å². The second-order valence-corrected chi connectivity index (χ2v) is 3.61. The number of aromatic nitrogens is 1. The van der Waals surface area contributed by atoms with Crippen molar-refractivity contribution < 1.29 is 0 Å². The van der Waals surface area contributed by atoms with E-state index >= 15 is 0 Å². The van der Waals surface area contributed by atoms with Crippen LogP contribution in [-0.2, 0) is 0 Å². The van der Waals surface area contributed by atoms with Crippen molar-refractivity contribution in [2.75, 3.05) is 18.0 Å². The van der Waals surface area contributed by atoms with Crippen molar-refractivity contribution in [3.63, 3.8) is 0 Å². The van der Waals surface area contributed by atoms with E-state index in [1.165, 1.54) is 5.69 Å². The van der Waals surface area contributed by atoms with E-state index in [2.05, 4.69) is 28.1 Å². The third-order valence-corrected chi connectivity index (χ3v) is 2.42. The molecule has 0 amide bonds. The van der Waals surface area contributed by atoms with E-state index < -0.39 is 0 Å². The Labute approximate surface area is 84.2 Å². The molecule has 74 valence electrons. The minimum Gasteiger partial charge on any atom is -0.363 e. The van der Waals surface area contributed by atoms with E-state index in [1.807, 2.05) is 19.2 Å². The van der Waals surface area contributed by atoms with Gasteiger partial charge in [-0.25, -0.2) is 0 Å². The van der Waals surface area contributed by atoms with Gasteiger partial charge in [-0.3, -0.25) is 4.98 Å². The molecule has 1 atom stereocenters. The van der Waals surface area contributed by atoms with Crippen LogP contribution >= 0.6 is 0 Å². The summed E-state index contributed by atoms with van der Waals surface area (Å²) in [5.74, 6) is 0.